The van der Waals surface area contributed by atoms with Gasteiger partial charge in [0.15, 0.2) is 0 Å². The van der Waals surface area contributed by atoms with E-state index in [9.17, 15) is 0 Å². The summed E-state index contributed by atoms with van der Waals surface area (Å²) in [7, 11) is 4.00. The first-order chi connectivity index (χ1) is 8.15. The highest BCUT2D eigenvalue weighted by atomic mass is 32.1. The van der Waals surface area contributed by atoms with Gasteiger partial charge in [-0.15, -0.1) is 20.4 Å². The van der Waals surface area contributed by atoms with Crippen molar-refractivity contribution in [3.8, 4) is 0 Å². The average molecular weight is 247 g/mol. The zero-order chi connectivity index (χ0) is 12.3. The monoisotopic (exact) mass is 247 g/mol. The van der Waals surface area contributed by atoms with E-state index in [1.54, 1.807) is 0 Å². The van der Waals surface area contributed by atoms with Crippen LogP contribution in [0.3, 0.4) is 0 Å². The second kappa shape index (κ2) is 5.01. The lowest BCUT2D eigenvalue weighted by Gasteiger charge is -2.11. The first-order valence-corrected chi connectivity index (χ1v) is 5.96. The standard InChI is InChI=1S/C11H13N5S/c1-8-12-14-11(17-8)15-13-9-4-6-10(7-5-9)16(2)3/h4-7H,1-3H3. The molecule has 1 aromatic carbocycles. The van der Waals surface area contributed by atoms with Crippen molar-refractivity contribution in [2.45, 2.75) is 6.92 Å². The molecule has 0 atom stereocenters. The third-order valence-corrected chi connectivity index (χ3v) is 2.86. The van der Waals surface area contributed by atoms with Gasteiger partial charge in [0, 0.05) is 19.8 Å². The highest BCUT2D eigenvalue weighted by Crippen LogP contribution is 2.22. The Labute approximate surface area is 104 Å². The first kappa shape index (κ1) is 11.7. The number of aromatic nitrogens is 2. The lowest BCUT2D eigenvalue weighted by Crippen LogP contribution is -2.07. The lowest BCUT2D eigenvalue weighted by molar-refractivity contribution is 1.03. The van der Waals surface area contributed by atoms with Crippen LogP contribution in [0.25, 0.3) is 0 Å². The smallest absolute Gasteiger partial charge is 0.251 e. The van der Waals surface area contributed by atoms with Crippen molar-refractivity contribution in [1.82, 2.24) is 10.2 Å². The molecule has 0 fully saturated rings. The van der Waals surface area contributed by atoms with E-state index in [1.807, 2.05) is 50.2 Å². The summed E-state index contributed by atoms with van der Waals surface area (Å²) in [5.74, 6) is 0. The maximum atomic E-state index is 4.10. The Morgan fingerprint density at radius 3 is 2.29 bits per heavy atom. The molecule has 0 aliphatic rings. The molecular formula is C11H13N5S. The lowest BCUT2D eigenvalue weighted by atomic mass is 10.3. The van der Waals surface area contributed by atoms with Crippen LogP contribution in [0.1, 0.15) is 5.01 Å². The van der Waals surface area contributed by atoms with Crippen LogP contribution in [0.2, 0.25) is 0 Å². The number of nitrogens with zero attached hydrogens (tertiary/aromatic N) is 5. The fraction of sp³-hybridized carbons (Fsp3) is 0.273. The molecule has 0 N–H and O–H groups in total. The number of rotatable bonds is 3. The summed E-state index contributed by atoms with van der Waals surface area (Å²) in [5.41, 5.74) is 1.94. The molecule has 2 aromatic rings. The molecular weight excluding hydrogens is 234 g/mol. The average Bonchev–Trinajstić information content (AvgIpc) is 2.73. The normalized spacial score (nSPS) is 11.0. The van der Waals surface area contributed by atoms with E-state index < -0.39 is 0 Å². The van der Waals surface area contributed by atoms with Crippen molar-refractivity contribution in [3.63, 3.8) is 0 Å². The van der Waals surface area contributed by atoms with Gasteiger partial charge < -0.3 is 4.90 Å². The van der Waals surface area contributed by atoms with E-state index in [0.717, 1.165) is 16.4 Å². The number of aryl methyl sites for hydroxylation is 1. The third-order valence-electron chi connectivity index (χ3n) is 2.13. The molecule has 0 saturated carbocycles. The molecule has 0 saturated heterocycles. The first-order valence-electron chi connectivity index (χ1n) is 5.14. The predicted molar refractivity (Wildman–Crippen MR) is 69.6 cm³/mol. The molecule has 0 spiro atoms. The minimum atomic E-state index is 0.583. The largest absolute Gasteiger partial charge is 0.378 e. The summed E-state index contributed by atoms with van der Waals surface area (Å²) in [6.07, 6.45) is 0. The molecule has 0 bridgehead atoms. The summed E-state index contributed by atoms with van der Waals surface area (Å²) in [6, 6.07) is 7.85. The van der Waals surface area contributed by atoms with Crippen molar-refractivity contribution >= 4 is 27.8 Å². The molecule has 0 aliphatic heterocycles. The number of azo groups is 1. The Kier molecular flexibility index (Phi) is 3.43. The quantitative estimate of drug-likeness (QED) is 0.782. The van der Waals surface area contributed by atoms with Gasteiger partial charge in [0.2, 0.25) is 0 Å². The van der Waals surface area contributed by atoms with Crippen LogP contribution >= 0.6 is 11.3 Å². The van der Waals surface area contributed by atoms with Crippen molar-refractivity contribution < 1.29 is 0 Å². The molecule has 2 rings (SSSR count). The summed E-state index contributed by atoms with van der Waals surface area (Å²) in [6.45, 7) is 1.89. The van der Waals surface area contributed by atoms with Crippen LogP contribution in [-0.2, 0) is 0 Å². The maximum absolute atomic E-state index is 4.10. The maximum Gasteiger partial charge on any atom is 0.251 e. The van der Waals surface area contributed by atoms with Crippen LogP contribution in [0.4, 0.5) is 16.5 Å². The second-order valence-electron chi connectivity index (χ2n) is 3.71. The molecule has 6 heteroatoms. The van der Waals surface area contributed by atoms with Crippen molar-refractivity contribution in [2.24, 2.45) is 10.2 Å². The van der Waals surface area contributed by atoms with E-state index in [0.29, 0.717) is 5.13 Å². The van der Waals surface area contributed by atoms with Gasteiger partial charge in [-0.3, -0.25) is 0 Å². The Hall–Kier alpha value is -1.82. The predicted octanol–water partition coefficient (Wildman–Crippen LogP) is 3.33. The number of anilines is 1. The van der Waals surface area contributed by atoms with Gasteiger partial charge in [0.05, 0.1) is 5.69 Å². The van der Waals surface area contributed by atoms with E-state index in [1.165, 1.54) is 11.3 Å². The Balaban J connectivity index is 2.11. The Bertz CT molecular complexity index is 515. The van der Waals surface area contributed by atoms with E-state index in [2.05, 4.69) is 20.4 Å². The van der Waals surface area contributed by atoms with Crippen LogP contribution in [-0.4, -0.2) is 24.3 Å². The van der Waals surface area contributed by atoms with Crippen LogP contribution < -0.4 is 4.90 Å². The Morgan fingerprint density at radius 1 is 1.06 bits per heavy atom. The summed E-state index contributed by atoms with van der Waals surface area (Å²) in [5, 5.41) is 17.4. The molecule has 0 unspecified atom stereocenters. The van der Waals surface area contributed by atoms with Gasteiger partial charge in [-0.25, -0.2) is 0 Å². The zero-order valence-corrected chi connectivity index (χ0v) is 10.8. The van der Waals surface area contributed by atoms with Crippen molar-refractivity contribution in [1.29, 1.82) is 0 Å². The van der Waals surface area contributed by atoms with Crippen LogP contribution in [0.15, 0.2) is 34.5 Å². The van der Waals surface area contributed by atoms with Gasteiger partial charge >= 0.3 is 0 Å². The fourth-order valence-corrected chi connectivity index (χ4v) is 1.75. The minimum absolute atomic E-state index is 0.583. The van der Waals surface area contributed by atoms with Crippen molar-refractivity contribution in [2.75, 3.05) is 19.0 Å². The molecule has 88 valence electrons. The van der Waals surface area contributed by atoms with Gasteiger partial charge in [-0.2, -0.15) is 0 Å². The molecule has 0 amide bonds. The van der Waals surface area contributed by atoms with Crippen LogP contribution in [0, 0.1) is 6.92 Å². The molecule has 1 aromatic heterocycles. The van der Waals surface area contributed by atoms with Gasteiger partial charge in [0.25, 0.3) is 5.13 Å². The van der Waals surface area contributed by atoms with Crippen molar-refractivity contribution in [3.05, 3.63) is 29.3 Å². The summed E-state index contributed by atoms with van der Waals surface area (Å²) < 4.78 is 0. The molecule has 17 heavy (non-hydrogen) atoms. The zero-order valence-electron chi connectivity index (χ0n) is 9.95. The SMILES string of the molecule is Cc1nnc(N=Nc2ccc(N(C)C)cc2)s1. The summed E-state index contributed by atoms with van der Waals surface area (Å²) in [4.78, 5) is 2.04. The summed E-state index contributed by atoms with van der Waals surface area (Å²) >= 11 is 1.42. The van der Waals surface area contributed by atoms with Crippen LogP contribution in [0.5, 0.6) is 0 Å². The van der Waals surface area contributed by atoms with Gasteiger partial charge in [0.1, 0.15) is 5.01 Å². The highest BCUT2D eigenvalue weighted by Gasteiger charge is 1.98. The number of benzene rings is 1. The highest BCUT2D eigenvalue weighted by molar-refractivity contribution is 7.14. The molecule has 0 aliphatic carbocycles. The number of hydrogen-bond acceptors (Lipinski definition) is 6. The number of hydrogen-bond donors (Lipinski definition) is 0. The fourth-order valence-electron chi connectivity index (χ4n) is 1.24. The Morgan fingerprint density at radius 2 is 1.76 bits per heavy atom. The van der Waals surface area contributed by atoms with E-state index in [-0.39, 0.29) is 0 Å². The molecule has 1 heterocycles. The van der Waals surface area contributed by atoms with E-state index in [4.69, 9.17) is 0 Å². The minimum Gasteiger partial charge on any atom is -0.378 e. The molecule has 0 radical (unpaired) electrons. The third kappa shape index (κ3) is 3.07. The van der Waals surface area contributed by atoms with E-state index >= 15 is 0 Å². The topological polar surface area (TPSA) is 53.7 Å². The molecule has 5 nitrogen and oxygen atoms in total. The van der Waals surface area contributed by atoms with Gasteiger partial charge in [-0.05, 0) is 31.2 Å². The second-order valence-corrected chi connectivity index (χ2v) is 4.87. The van der Waals surface area contributed by atoms with Gasteiger partial charge in [-0.1, -0.05) is 11.3 Å².